The maximum Gasteiger partial charge on any atom is 0.416 e. The lowest BCUT2D eigenvalue weighted by Gasteiger charge is -2.40. The van der Waals surface area contributed by atoms with Crippen LogP contribution in [0.2, 0.25) is 0 Å². The van der Waals surface area contributed by atoms with Gasteiger partial charge in [-0.15, -0.1) is 12.4 Å². The Balaban J connectivity index is 0.00000456. The molecule has 1 aliphatic heterocycles. The Morgan fingerprint density at radius 2 is 1.64 bits per heavy atom. The number of halogens is 7. The highest BCUT2D eigenvalue weighted by Gasteiger charge is 2.38. The normalized spacial score (nSPS) is 19.5. The van der Waals surface area contributed by atoms with E-state index in [4.69, 9.17) is 10.5 Å². The van der Waals surface area contributed by atoms with Crippen molar-refractivity contribution >= 4 is 18.3 Å². The molecule has 0 aliphatic carbocycles. The molecule has 1 heterocycles. The van der Waals surface area contributed by atoms with Gasteiger partial charge in [0.25, 0.3) is 0 Å². The van der Waals surface area contributed by atoms with Crippen molar-refractivity contribution in [3.63, 3.8) is 0 Å². The molecule has 1 aliphatic rings. The summed E-state index contributed by atoms with van der Waals surface area (Å²) in [7, 11) is 0. The van der Waals surface area contributed by atoms with Gasteiger partial charge < -0.3 is 15.4 Å². The van der Waals surface area contributed by atoms with Crippen molar-refractivity contribution in [2.75, 3.05) is 19.6 Å². The minimum absolute atomic E-state index is 0. The molecular weight excluding hydrogens is 510 g/mol. The number of nitrogens with two attached hydrogens (primary N) is 1. The topological polar surface area (TPSA) is 55.6 Å². The number of hydrogen-bond acceptors (Lipinski definition) is 3. The summed E-state index contributed by atoms with van der Waals surface area (Å²) in [5.74, 6) is -0.335. The van der Waals surface area contributed by atoms with Gasteiger partial charge in [-0.2, -0.15) is 26.3 Å². The molecule has 4 nitrogen and oxygen atoms in total. The molecule has 3 atom stereocenters. The second kappa shape index (κ2) is 12.3. The van der Waals surface area contributed by atoms with E-state index < -0.39 is 35.7 Å². The van der Waals surface area contributed by atoms with Crippen LogP contribution in [0.4, 0.5) is 26.3 Å². The summed E-state index contributed by atoms with van der Waals surface area (Å²) in [6.45, 7) is 2.54. The number of carbonyl (C=O) groups excluding carboxylic acids is 1. The molecule has 11 heteroatoms. The molecule has 0 bridgehead atoms. The zero-order valence-electron chi connectivity index (χ0n) is 19.6. The molecule has 3 rings (SSSR count). The molecule has 0 aromatic heterocycles. The van der Waals surface area contributed by atoms with Gasteiger partial charge >= 0.3 is 12.4 Å². The number of hydrogen-bond donors (Lipinski definition) is 1. The van der Waals surface area contributed by atoms with Crippen LogP contribution in [0.5, 0.6) is 0 Å². The average Bonchev–Trinajstić information content (AvgIpc) is 2.81. The molecule has 2 aromatic carbocycles. The number of piperidine rings is 1. The van der Waals surface area contributed by atoms with Crippen LogP contribution in [0.1, 0.15) is 60.5 Å². The van der Waals surface area contributed by atoms with E-state index in [2.05, 4.69) is 0 Å². The number of ether oxygens (including phenoxy) is 1. The van der Waals surface area contributed by atoms with Crippen molar-refractivity contribution in [2.24, 2.45) is 5.73 Å². The SMILES string of the molecule is C[C@@H](O[C@H]1CCN(C(=O)CCCN)C[C@H]1c1ccccc1)c1cc(C(F)(F)F)cc(C(F)(F)F)c1.Cl. The standard InChI is InChI=1S/C25H28F6N2O2.ClH/c1-16(18-12-19(24(26,27)28)14-20(13-18)25(29,30)31)35-22-9-11-33(23(34)8-5-10-32)15-21(22)17-6-3-2-4-7-17;/h2-4,6-7,12-14,16,21-22H,5,8-11,15,32H2,1H3;1H/t16-,21+,22+;/m1./s1. The third kappa shape index (κ3) is 7.60. The van der Waals surface area contributed by atoms with Gasteiger partial charge in [-0.1, -0.05) is 30.3 Å². The number of nitrogens with zero attached hydrogens (tertiary/aromatic N) is 1. The molecule has 0 saturated carbocycles. The van der Waals surface area contributed by atoms with Gasteiger partial charge in [-0.25, -0.2) is 0 Å². The van der Waals surface area contributed by atoms with Crippen LogP contribution in [0.3, 0.4) is 0 Å². The molecule has 1 amide bonds. The largest absolute Gasteiger partial charge is 0.416 e. The minimum atomic E-state index is -4.93. The Labute approximate surface area is 212 Å². The summed E-state index contributed by atoms with van der Waals surface area (Å²) in [6, 6.07) is 10.7. The first-order valence-electron chi connectivity index (χ1n) is 11.4. The van der Waals surface area contributed by atoms with E-state index in [1.165, 1.54) is 6.92 Å². The van der Waals surface area contributed by atoms with E-state index in [1.54, 1.807) is 4.90 Å². The average molecular weight is 539 g/mol. The maximum absolute atomic E-state index is 13.3. The zero-order valence-corrected chi connectivity index (χ0v) is 20.4. The second-order valence-corrected chi connectivity index (χ2v) is 8.69. The van der Waals surface area contributed by atoms with E-state index in [0.29, 0.717) is 51.0 Å². The first kappa shape index (κ1) is 29.9. The van der Waals surface area contributed by atoms with Crippen LogP contribution in [-0.2, 0) is 21.9 Å². The monoisotopic (exact) mass is 538 g/mol. The molecule has 2 aromatic rings. The van der Waals surface area contributed by atoms with Crippen molar-refractivity contribution in [3.05, 3.63) is 70.8 Å². The van der Waals surface area contributed by atoms with E-state index in [9.17, 15) is 31.1 Å². The van der Waals surface area contributed by atoms with Gasteiger partial charge in [-0.3, -0.25) is 4.79 Å². The summed E-state index contributed by atoms with van der Waals surface area (Å²) in [5.41, 5.74) is 3.41. The van der Waals surface area contributed by atoms with Crippen LogP contribution in [0, 0.1) is 0 Å². The van der Waals surface area contributed by atoms with Crippen LogP contribution < -0.4 is 5.73 Å². The van der Waals surface area contributed by atoms with Crippen LogP contribution in [-0.4, -0.2) is 36.5 Å². The van der Waals surface area contributed by atoms with Gasteiger partial charge in [0.15, 0.2) is 0 Å². The third-order valence-corrected chi connectivity index (χ3v) is 6.18. The number of rotatable bonds is 7. The van der Waals surface area contributed by atoms with Gasteiger partial charge in [0.1, 0.15) is 0 Å². The lowest BCUT2D eigenvalue weighted by atomic mass is 9.87. The van der Waals surface area contributed by atoms with Crippen LogP contribution in [0.25, 0.3) is 0 Å². The fourth-order valence-electron chi connectivity index (χ4n) is 4.31. The smallest absolute Gasteiger partial charge is 0.370 e. The molecular formula is C25H29ClF6N2O2. The summed E-state index contributed by atoms with van der Waals surface area (Å²) in [4.78, 5) is 14.3. The number of amides is 1. The van der Waals surface area contributed by atoms with Gasteiger partial charge in [0.2, 0.25) is 5.91 Å². The Kier molecular flexibility index (Phi) is 10.2. The first-order valence-corrected chi connectivity index (χ1v) is 11.4. The van der Waals surface area contributed by atoms with Crippen molar-refractivity contribution < 1.29 is 35.9 Å². The lowest BCUT2D eigenvalue weighted by molar-refractivity contribution is -0.143. The Hall–Kier alpha value is -2.30. The molecule has 0 spiro atoms. The van der Waals surface area contributed by atoms with Gasteiger partial charge in [0, 0.05) is 25.4 Å². The maximum atomic E-state index is 13.3. The van der Waals surface area contributed by atoms with E-state index in [1.807, 2.05) is 30.3 Å². The molecule has 1 fully saturated rings. The zero-order chi connectivity index (χ0) is 25.8. The van der Waals surface area contributed by atoms with Crippen molar-refractivity contribution in [3.8, 4) is 0 Å². The molecule has 0 unspecified atom stereocenters. The summed E-state index contributed by atoms with van der Waals surface area (Å²) < 4.78 is 85.9. The highest BCUT2D eigenvalue weighted by atomic mass is 35.5. The van der Waals surface area contributed by atoms with Crippen molar-refractivity contribution in [1.82, 2.24) is 4.90 Å². The second-order valence-electron chi connectivity index (χ2n) is 8.69. The molecule has 1 saturated heterocycles. The highest BCUT2D eigenvalue weighted by molar-refractivity contribution is 5.85. The molecule has 36 heavy (non-hydrogen) atoms. The first-order chi connectivity index (χ1) is 16.4. The fraction of sp³-hybridized carbons (Fsp3) is 0.480. The summed E-state index contributed by atoms with van der Waals surface area (Å²) in [6.07, 6.45) is -10.1. The van der Waals surface area contributed by atoms with E-state index in [0.717, 1.165) is 5.56 Å². The van der Waals surface area contributed by atoms with Crippen molar-refractivity contribution in [1.29, 1.82) is 0 Å². The Morgan fingerprint density at radius 1 is 1.06 bits per heavy atom. The predicted octanol–water partition coefficient (Wildman–Crippen LogP) is 6.35. The van der Waals surface area contributed by atoms with Crippen LogP contribution >= 0.6 is 12.4 Å². The lowest BCUT2D eigenvalue weighted by Crippen LogP contribution is -2.46. The highest BCUT2D eigenvalue weighted by Crippen LogP contribution is 2.39. The van der Waals surface area contributed by atoms with E-state index in [-0.39, 0.29) is 35.9 Å². The quantitative estimate of drug-likeness (QED) is 0.418. The van der Waals surface area contributed by atoms with Gasteiger partial charge in [0.05, 0.1) is 23.3 Å². The minimum Gasteiger partial charge on any atom is -0.370 e. The molecule has 2 N–H and O–H groups in total. The molecule has 200 valence electrons. The third-order valence-electron chi connectivity index (χ3n) is 6.18. The predicted molar refractivity (Wildman–Crippen MR) is 126 cm³/mol. The van der Waals surface area contributed by atoms with Crippen molar-refractivity contribution in [2.45, 2.75) is 56.7 Å². The van der Waals surface area contributed by atoms with Crippen LogP contribution in [0.15, 0.2) is 48.5 Å². The number of alkyl halides is 6. The van der Waals surface area contributed by atoms with Gasteiger partial charge in [-0.05, 0) is 55.6 Å². The number of likely N-dealkylation sites (tertiary alicyclic amines) is 1. The Morgan fingerprint density at radius 3 is 2.17 bits per heavy atom. The number of carbonyl (C=O) groups is 1. The summed E-state index contributed by atoms with van der Waals surface area (Å²) >= 11 is 0. The van der Waals surface area contributed by atoms with E-state index >= 15 is 0 Å². The summed E-state index contributed by atoms with van der Waals surface area (Å²) in [5, 5.41) is 0. The number of benzene rings is 2. The molecule has 0 radical (unpaired) electrons. The Bertz CT molecular complexity index is 968. The fourth-order valence-corrected chi connectivity index (χ4v) is 4.31.